The van der Waals surface area contributed by atoms with E-state index in [-0.39, 0.29) is 10.6 Å². The molecular formula is C20H16N2O3S2. The van der Waals surface area contributed by atoms with Crippen LogP contribution < -0.4 is 9.46 Å². The minimum Gasteiger partial charge on any atom is -0.495 e. The maximum Gasteiger partial charge on any atom is 0.265 e. The molecule has 2 aromatic heterocycles. The molecule has 0 spiro atoms. The highest BCUT2D eigenvalue weighted by Gasteiger charge is 2.21. The van der Waals surface area contributed by atoms with Crippen LogP contribution in [0.15, 0.2) is 76.4 Å². The topological polar surface area (TPSA) is 68.3 Å². The number of nitrogens with one attached hydrogen (secondary N) is 1. The van der Waals surface area contributed by atoms with E-state index in [1.807, 2.05) is 47.2 Å². The van der Waals surface area contributed by atoms with Gasteiger partial charge in [-0.3, -0.25) is 9.71 Å². The Morgan fingerprint density at radius 1 is 1.04 bits per heavy atom. The molecule has 4 rings (SSSR count). The zero-order valence-electron chi connectivity index (χ0n) is 14.4. The third-order valence-electron chi connectivity index (χ3n) is 4.15. The first-order valence-corrected chi connectivity index (χ1v) is 10.6. The van der Waals surface area contributed by atoms with E-state index < -0.39 is 10.0 Å². The number of hydrogen-bond donors (Lipinski definition) is 1. The lowest BCUT2D eigenvalue weighted by Gasteiger charge is -2.13. The van der Waals surface area contributed by atoms with Gasteiger partial charge in [0.1, 0.15) is 10.6 Å². The van der Waals surface area contributed by atoms with Gasteiger partial charge in [0.15, 0.2) is 0 Å². The van der Waals surface area contributed by atoms with Crippen molar-refractivity contribution in [2.45, 2.75) is 4.90 Å². The number of ether oxygens (including phenoxy) is 1. The number of para-hydroxylation sites is 1. The number of sulfonamides is 1. The first kappa shape index (κ1) is 17.5. The number of pyridine rings is 1. The Morgan fingerprint density at radius 2 is 1.89 bits per heavy atom. The monoisotopic (exact) mass is 396 g/mol. The largest absolute Gasteiger partial charge is 0.495 e. The fourth-order valence-electron chi connectivity index (χ4n) is 2.83. The van der Waals surface area contributed by atoms with Crippen molar-refractivity contribution in [3.8, 4) is 16.9 Å². The van der Waals surface area contributed by atoms with Crippen molar-refractivity contribution in [2.24, 2.45) is 0 Å². The van der Waals surface area contributed by atoms with Gasteiger partial charge in [-0.1, -0.05) is 24.3 Å². The summed E-state index contributed by atoms with van der Waals surface area (Å²) in [5.74, 6) is 0.287. The summed E-state index contributed by atoms with van der Waals surface area (Å²) in [7, 11) is -2.40. The Balaban J connectivity index is 1.74. The molecule has 136 valence electrons. The average molecular weight is 396 g/mol. The Labute approximate surface area is 161 Å². The molecule has 0 unspecified atom stereocenters. The minimum absolute atomic E-state index is 0.0851. The number of anilines is 1. The van der Waals surface area contributed by atoms with Crippen molar-refractivity contribution in [3.63, 3.8) is 0 Å². The smallest absolute Gasteiger partial charge is 0.265 e. The normalized spacial score (nSPS) is 11.4. The van der Waals surface area contributed by atoms with Gasteiger partial charge in [-0.25, -0.2) is 8.42 Å². The van der Waals surface area contributed by atoms with Crippen LogP contribution in [-0.4, -0.2) is 20.5 Å². The summed E-state index contributed by atoms with van der Waals surface area (Å²) >= 11 is 1.56. The number of methoxy groups -OCH3 is 1. The molecule has 5 nitrogen and oxygen atoms in total. The lowest BCUT2D eigenvalue weighted by atomic mass is 10.1. The molecule has 0 aliphatic rings. The van der Waals surface area contributed by atoms with E-state index in [9.17, 15) is 8.42 Å². The second-order valence-corrected chi connectivity index (χ2v) is 8.33. The van der Waals surface area contributed by atoms with E-state index in [4.69, 9.17) is 4.74 Å². The van der Waals surface area contributed by atoms with E-state index in [0.717, 1.165) is 22.0 Å². The highest BCUT2D eigenvalue weighted by Crippen LogP contribution is 2.32. The highest BCUT2D eigenvalue weighted by atomic mass is 32.2. The average Bonchev–Trinajstić information content (AvgIpc) is 3.22. The molecule has 1 N–H and O–H groups in total. The van der Waals surface area contributed by atoms with Gasteiger partial charge in [-0.15, -0.1) is 0 Å². The van der Waals surface area contributed by atoms with E-state index in [1.165, 1.54) is 13.3 Å². The summed E-state index contributed by atoms with van der Waals surface area (Å²) in [6.07, 6.45) is 1.51. The van der Waals surface area contributed by atoms with Gasteiger partial charge < -0.3 is 4.74 Å². The standard InChI is InChI=1S/C20H16N2O3S2/c1-25-19-7-6-14(16-8-9-26-13-16)11-20(19)27(23,24)22-17-10-15-4-2-3-5-18(15)21-12-17/h2-13,22H,1H3. The van der Waals surface area contributed by atoms with E-state index >= 15 is 0 Å². The zero-order valence-corrected chi connectivity index (χ0v) is 16.0. The maximum absolute atomic E-state index is 13.0. The van der Waals surface area contributed by atoms with Crippen LogP contribution in [0.3, 0.4) is 0 Å². The Kier molecular flexibility index (Phi) is 4.55. The minimum atomic E-state index is -3.85. The molecule has 0 aliphatic heterocycles. The van der Waals surface area contributed by atoms with Crippen molar-refractivity contribution < 1.29 is 13.2 Å². The molecule has 2 aromatic carbocycles. The molecular weight excluding hydrogens is 380 g/mol. The number of nitrogens with zero attached hydrogens (tertiary/aromatic N) is 1. The molecule has 0 aliphatic carbocycles. The molecule has 2 heterocycles. The van der Waals surface area contributed by atoms with Gasteiger partial charge in [-0.2, -0.15) is 11.3 Å². The molecule has 4 aromatic rings. The quantitative estimate of drug-likeness (QED) is 0.527. The molecule has 0 bridgehead atoms. The summed E-state index contributed by atoms with van der Waals surface area (Å²) in [6.45, 7) is 0. The number of fused-ring (bicyclic) bond motifs is 1. The summed E-state index contributed by atoms with van der Waals surface area (Å²) in [4.78, 5) is 4.39. The van der Waals surface area contributed by atoms with Crippen molar-refractivity contribution in [1.82, 2.24) is 4.98 Å². The van der Waals surface area contributed by atoms with E-state index in [0.29, 0.717) is 5.69 Å². The van der Waals surface area contributed by atoms with Gasteiger partial charge in [0.05, 0.1) is 24.5 Å². The molecule has 0 saturated heterocycles. The first-order chi connectivity index (χ1) is 13.1. The van der Waals surface area contributed by atoms with E-state index in [2.05, 4.69) is 9.71 Å². The number of benzene rings is 2. The van der Waals surface area contributed by atoms with Gasteiger partial charge in [0, 0.05) is 5.39 Å². The van der Waals surface area contributed by atoms with Crippen LogP contribution in [0.1, 0.15) is 0 Å². The number of hydrogen-bond acceptors (Lipinski definition) is 5. The van der Waals surface area contributed by atoms with Crippen LogP contribution in [0.4, 0.5) is 5.69 Å². The fourth-order valence-corrected chi connectivity index (χ4v) is 4.73. The van der Waals surface area contributed by atoms with Crippen molar-refractivity contribution in [1.29, 1.82) is 0 Å². The van der Waals surface area contributed by atoms with Crippen LogP contribution in [0.5, 0.6) is 5.75 Å². The van der Waals surface area contributed by atoms with Crippen LogP contribution in [-0.2, 0) is 10.0 Å². The van der Waals surface area contributed by atoms with Crippen LogP contribution in [0, 0.1) is 0 Å². The number of rotatable bonds is 5. The highest BCUT2D eigenvalue weighted by molar-refractivity contribution is 7.92. The Morgan fingerprint density at radius 3 is 2.67 bits per heavy atom. The van der Waals surface area contributed by atoms with Gasteiger partial charge in [-0.05, 0) is 52.2 Å². The SMILES string of the molecule is COc1ccc(-c2ccsc2)cc1S(=O)(=O)Nc1cnc2ccccc2c1. The van der Waals surface area contributed by atoms with Crippen LogP contribution in [0.2, 0.25) is 0 Å². The van der Waals surface area contributed by atoms with Crippen LogP contribution >= 0.6 is 11.3 Å². The first-order valence-electron chi connectivity index (χ1n) is 8.15. The predicted molar refractivity (Wildman–Crippen MR) is 109 cm³/mol. The summed E-state index contributed by atoms with van der Waals surface area (Å²) in [5.41, 5.74) is 2.98. The summed E-state index contributed by atoms with van der Waals surface area (Å²) < 4.78 is 33.9. The number of aromatic nitrogens is 1. The van der Waals surface area contributed by atoms with Crippen molar-refractivity contribution in [3.05, 3.63) is 71.6 Å². The lowest BCUT2D eigenvalue weighted by Crippen LogP contribution is -2.14. The number of thiophene rings is 1. The Hall–Kier alpha value is -2.90. The lowest BCUT2D eigenvalue weighted by molar-refractivity contribution is 0.403. The third kappa shape index (κ3) is 3.51. The summed E-state index contributed by atoms with van der Waals surface area (Å²) in [6, 6.07) is 16.4. The fraction of sp³-hybridized carbons (Fsp3) is 0.0500. The second kappa shape index (κ2) is 7.02. The van der Waals surface area contributed by atoms with Gasteiger partial charge in [0.2, 0.25) is 0 Å². The zero-order chi connectivity index (χ0) is 18.9. The molecule has 0 saturated carbocycles. The molecule has 27 heavy (non-hydrogen) atoms. The molecule has 0 amide bonds. The Bertz CT molecular complexity index is 1200. The van der Waals surface area contributed by atoms with Gasteiger partial charge in [0.25, 0.3) is 10.0 Å². The van der Waals surface area contributed by atoms with Gasteiger partial charge >= 0.3 is 0 Å². The van der Waals surface area contributed by atoms with E-state index in [1.54, 1.807) is 29.5 Å². The molecule has 7 heteroatoms. The third-order valence-corrected chi connectivity index (χ3v) is 6.24. The van der Waals surface area contributed by atoms with Crippen molar-refractivity contribution >= 4 is 38.0 Å². The maximum atomic E-state index is 13.0. The molecule has 0 atom stereocenters. The predicted octanol–water partition coefficient (Wildman–Crippen LogP) is 4.77. The van der Waals surface area contributed by atoms with Crippen molar-refractivity contribution in [2.75, 3.05) is 11.8 Å². The van der Waals surface area contributed by atoms with Crippen LogP contribution in [0.25, 0.3) is 22.0 Å². The second-order valence-electron chi connectivity index (χ2n) is 5.90. The molecule has 0 fully saturated rings. The molecule has 0 radical (unpaired) electrons. The summed E-state index contributed by atoms with van der Waals surface area (Å²) in [5, 5.41) is 4.78.